The van der Waals surface area contributed by atoms with Crippen LogP contribution in [-0.4, -0.2) is 25.2 Å². The SMILES string of the molecule is CC[C@H](Oc1cccc(C)c1)C(=O)NCCOc1ccccc1C. The molecular weight excluding hydrogens is 302 g/mol. The van der Waals surface area contributed by atoms with Gasteiger partial charge in [0.2, 0.25) is 0 Å². The van der Waals surface area contributed by atoms with E-state index in [1.54, 1.807) is 0 Å². The molecule has 2 aromatic rings. The first-order chi connectivity index (χ1) is 11.6. The van der Waals surface area contributed by atoms with E-state index in [2.05, 4.69) is 5.32 Å². The zero-order chi connectivity index (χ0) is 17.4. The molecule has 0 saturated heterocycles. The Balaban J connectivity index is 1.78. The molecule has 0 aliphatic rings. The van der Waals surface area contributed by atoms with Crippen molar-refractivity contribution in [2.24, 2.45) is 0 Å². The predicted molar refractivity (Wildman–Crippen MR) is 95.6 cm³/mol. The van der Waals surface area contributed by atoms with Crippen LogP contribution in [0.5, 0.6) is 11.5 Å². The van der Waals surface area contributed by atoms with Gasteiger partial charge in [-0.2, -0.15) is 0 Å². The topological polar surface area (TPSA) is 47.6 Å². The molecule has 0 heterocycles. The number of hydrogen-bond acceptors (Lipinski definition) is 3. The minimum atomic E-state index is -0.495. The van der Waals surface area contributed by atoms with E-state index < -0.39 is 6.10 Å². The summed E-state index contributed by atoms with van der Waals surface area (Å²) in [4.78, 5) is 12.3. The average molecular weight is 327 g/mol. The van der Waals surface area contributed by atoms with Gasteiger partial charge in [-0.25, -0.2) is 0 Å². The number of hydrogen-bond donors (Lipinski definition) is 1. The van der Waals surface area contributed by atoms with Crippen molar-refractivity contribution < 1.29 is 14.3 Å². The monoisotopic (exact) mass is 327 g/mol. The Morgan fingerprint density at radius 1 is 1.12 bits per heavy atom. The Labute approximate surface area is 143 Å². The molecule has 0 aromatic heterocycles. The zero-order valence-corrected chi connectivity index (χ0v) is 14.5. The minimum Gasteiger partial charge on any atom is -0.491 e. The molecule has 4 nitrogen and oxygen atoms in total. The van der Waals surface area contributed by atoms with Gasteiger partial charge in [0.1, 0.15) is 18.1 Å². The number of nitrogens with one attached hydrogen (secondary N) is 1. The molecule has 0 saturated carbocycles. The van der Waals surface area contributed by atoms with Gasteiger partial charge in [0.05, 0.1) is 6.54 Å². The summed E-state index contributed by atoms with van der Waals surface area (Å²) in [6.07, 6.45) is 0.114. The van der Waals surface area contributed by atoms with Crippen molar-refractivity contribution in [1.82, 2.24) is 5.32 Å². The Morgan fingerprint density at radius 3 is 2.62 bits per heavy atom. The van der Waals surface area contributed by atoms with E-state index >= 15 is 0 Å². The number of rotatable bonds is 8. The van der Waals surface area contributed by atoms with Crippen molar-refractivity contribution in [2.75, 3.05) is 13.2 Å². The predicted octanol–water partition coefficient (Wildman–Crippen LogP) is 3.66. The van der Waals surface area contributed by atoms with Crippen LogP contribution in [0.15, 0.2) is 48.5 Å². The standard InChI is InChI=1S/C20H25NO3/c1-4-18(24-17-10-7-8-15(2)14-17)20(22)21-12-13-23-19-11-6-5-9-16(19)3/h5-11,14,18H,4,12-13H2,1-3H3,(H,21,22)/t18-/m0/s1. The highest BCUT2D eigenvalue weighted by atomic mass is 16.5. The Hall–Kier alpha value is -2.49. The second kappa shape index (κ2) is 8.96. The van der Waals surface area contributed by atoms with E-state index in [0.717, 1.165) is 16.9 Å². The molecule has 0 fully saturated rings. The van der Waals surface area contributed by atoms with Gasteiger partial charge in [-0.1, -0.05) is 37.3 Å². The van der Waals surface area contributed by atoms with Crippen LogP contribution in [0.3, 0.4) is 0 Å². The lowest BCUT2D eigenvalue weighted by Crippen LogP contribution is -2.39. The van der Waals surface area contributed by atoms with Crippen LogP contribution in [0.25, 0.3) is 0 Å². The van der Waals surface area contributed by atoms with Crippen molar-refractivity contribution in [1.29, 1.82) is 0 Å². The van der Waals surface area contributed by atoms with Crippen molar-refractivity contribution in [2.45, 2.75) is 33.3 Å². The van der Waals surface area contributed by atoms with Crippen molar-refractivity contribution in [3.05, 3.63) is 59.7 Å². The third-order valence-corrected chi connectivity index (χ3v) is 3.68. The molecule has 1 atom stereocenters. The first-order valence-corrected chi connectivity index (χ1v) is 8.29. The molecule has 128 valence electrons. The molecule has 24 heavy (non-hydrogen) atoms. The van der Waals surface area contributed by atoms with Gasteiger partial charge >= 0.3 is 0 Å². The van der Waals surface area contributed by atoms with E-state index in [9.17, 15) is 4.79 Å². The second-order valence-corrected chi connectivity index (χ2v) is 5.74. The first-order valence-electron chi connectivity index (χ1n) is 8.29. The molecular formula is C20H25NO3. The molecule has 0 aliphatic carbocycles. The third-order valence-electron chi connectivity index (χ3n) is 3.68. The van der Waals surface area contributed by atoms with Crippen LogP contribution in [0.2, 0.25) is 0 Å². The van der Waals surface area contributed by atoms with Crippen LogP contribution in [0.4, 0.5) is 0 Å². The summed E-state index contributed by atoms with van der Waals surface area (Å²) in [6.45, 7) is 6.80. The number of carbonyl (C=O) groups is 1. The fourth-order valence-corrected chi connectivity index (χ4v) is 2.34. The maximum Gasteiger partial charge on any atom is 0.261 e. The number of para-hydroxylation sites is 1. The summed E-state index contributed by atoms with van der Waals surface area (Å²) in [5, 5.41) is 2.87. The number of benzene rings is 2. The van der Waals surface area contributed by atoms with Crippen LogP contribution >= 0.6 is 0 Å². The maximum atomic E-state index is 12.3. The third kappa shape index (κ3) is 5.30. The van der Waals surface area contributed by atoms with Gasteiger partial charge in [-0.15, -0.1) is 0 Å². The highest BCUT2D eigenvalue weighted by Crippen LogP contribution is 2.16. The summed E-state index contributed by atoms with van der Waals surface area (Å²) >= 11 is 0. The average Bonchev–Trinajstić information content (AvgIpc) is 2.58. The molecule has 0 radical (unpaired) electrons. The zero-order valence-electron chi connectivity index (χ0n) is 14.5. The lowest BCUT2D eigenvalue weighted by Gasteiger charge is -2.18. The number of aryl methyl sites for hydroxylation is 2. The minimum absolute atomic E-state index is 0.118. The highest BCUT2D eigenvalue weighted by Gasteiger charge is 2.17. The summed E-state index contributed by atoms with van der Waals surface area (Å²) in [5.74, 6) is 1.44. The van der Waals surface area contributed by atoms with Crippen molar-refractivity contribution in [3.8, 4) is 11.5 Å². The summed E-state index contributed by atoms with van der Waals surface area (Å²) in [6, 6.07) is 15.5. The fraction of sp³-hybridized carbons (Fsp3) is 0.350. The molecule has 0 aliphatic heterocycles. The smallest absolute Gasteiger partial charge is 0.261 e. The fourth-order valence-electron chi connectivity index (χ4n) is 2.34. The van der Waals surface area contributed by atoms with Crippen LogP contribution in [0.1, 0.15) is 24.5 Å². The van der Waals surface area contributed by atoms with Gasteiger partial charge in [0, 0.05) is 0 Å². The van der Waals surface area contributed by atoms with E-state index in [1.165, 1.54) is 0 Å². The quantitative estimate of drug-likeness (QED) is 0.753. The maximum absolute atomic E-state index is 12.3. The van der Waals surface area contributed by atoms with E-state index in [4.69, 9.17) is 9.47 Å². The normalized spacial score (nSPS) is 11.6. The Kier molecular flexibility index (Phi) is 6.67. The van der Waals surface area contributed by atoms with Gasteiger partial charge in [-0.3, -0.25) is 4.79 Å². The summed E-state index contributed by atoms with van der Waals surface area (Å²) < 4.78 is 11.5. The number of ether oxygens (including phenoxy) is 2. The van der Waals surface area contributed by atoms with Gasteiger partial charge < -0.3 is 14.8 Å². The van der Waals surface area contributed by atoms with E-state index in [1.807, 2.05) is 69.3 Å². The van der Waals surface area contributed by atoms with Gasteiger partial charge in [0.15, 0.2) is 6.10 Å². The Bertz CT molecular complexity index is 669. The largest absolute Gasteiger partial charge is 0.491 e. The lowest BCUT2D eigenvalue weighted by atomic mass is 10.2. The molecule has 0 bridgehead atoms. The molecule has 0 unspecified atom stereocenters. The molecule has 2 aromatic carbocycles. The van der Waals surface area contributed by atoms with Crippen molar-refractivity contribution in [3.63, 3.8) is 0 Å². The number of carbonyl (C=O) groups excluding carboxylic acids is 1. The Morgan fingerprint density at radius 2 is 1.92 bits per heavy atom. The molecule has 2 rings (SSSR count). The molecule has 4 heteroatoms. The van der Waals surface area contributed by atoms with Gasteiger partial charge in [0.25, 0.3) is 5.91 Å². The first kappa shape index (κ1) is 17.9. The summed E-state index contributed by atoms with van der Waals surface area (Å²) in [5.41, 5.74) is 2.19. The van der Waals surface area contributed by atoms with Crippen LogP contribution in [-0.2, 0) is 4.79 Å². The lowest BCUT2D eigenvalue weighted by molar-refractivity contribution is -0.128. The molecule has 1 N–H and O–H groups in total. The van der Waals surface area contributed by atoms with E-state index in [-0.39, 0.29) is 5.91 Å². The molecule has 0 spiro atoms. The number of amides is 1. The highest BCUT2D eigenvalue weighted by molar-refractivity contribution is 5.81. The summed E-state index contributed by atoms with van der Waals surface area (Å²) in [7, 11) is 0. The van der Waals surface area contributed by atoms with Crippen LogP contribution < -0.4 is 14.8 Å². The van der Waals surface area contributed by atoms with Crippen LogP contribution in [0, 0.1) is 13.8 Å². The second-order valence-electron chi connectivity index (χ2n) is 5.74. The van der Waals surface area contributed by atoms with E-state index in [0.29, 0.717) is 25.3 Å². The van der Waals surface area contributed by atoms with Gasteiger partial charge in [-0.05, 0) is 49.6 Å². The van der Waals surface area contributed by atoms with Crippen molar-refractivity contribution >= 4 is 5.91 Å². The molecule has 1 amide bonds.